The van der Waals surface area contributed by atoms with E-state index in [0.717, 1.165) is 11.3 Å². The van der Waals surface area contributed by atoms with E-state index in [1.807, 2.05) is 36.4 Å². The Morgan fingerprint density at radius 1 is 1.03 bits per heavy atom. The summed E-state index contributed by atoms with van der Waals surface area (Å²) in [6.07, 6.45) is 0. The molecule has 1 aromatic heterocycles. The number of ether oxygens (including phenoxy) is 1. The van der Waals surface area contributed by atoms with Crippen molar-refractivity contribution in [3.63, 3.8) is 0 Å². The Labute approximate surface area is 175 Å². The van der Waals surface area contributed by atoms with Gasteiger partial charge in [-0.3, -0.25) is 14.5 Å². The molecular formula is C21H26ClN3O4. The zero-order valence-corrected chi connectivity index (χ0v) is 17.5. The number of likely N-dealkylation sites (N-methyl/N-ethyl adjacent to an activating group) is 2. The van der Waals surface area contributed by atoms with Gasteiger partial charge in [-0.1, -0.05) is 11.6 Å². The molecule has 1 aromatic carbocycles. The molecular weight excluding hydrogens is 394 g/mol. The highest BCUT2D eigenvalue weighted by molar-refractivity contribution is 6.30. The van der Waals surface area contributed by atoms with Crippen LogP contribution in [0.25, 0.3) is 11.3 Å². The van der Waals surface area contributed by atoms with Gasteiger partial charge in [0.2, 0.25) is 11.8 Å². The molecule has 156 valence electrons. The van der Waals surface area contributed by atoms with Crippen LogP contribution in [-0.2, 0) is 20.9 Å². The second kappa shape index (κ2) is 9.91. The fourth-order valence-electron chi connectivity index (χ4n) is 3.11. The molecule has 3 rings (SSSR count). The molecule has 0 bridgehead atoms. The largest absolute Gasteiger partial charge is 0.459 e. The molecule has 1 aliphatic heterocycles. The molecule has 7 nitrogen and oxygen atoms in total. The number of halogens is 1. The summed E-state index contributed by atoms with van der Waals surface area (Å²) >= 11 is 5.92. The average Bonchev–Trinajstić information content (AvgIpc) is 3.17. The zero-order chi connectivity index (χ0) is 20.8. The summed E-state index contributed by atoms with van der Waals surface area (Å²) in [5, 5.41) is 0.669. The molecule has 2 amide bonds. The summed E-state index contributed by atoms with van der Waals surface area (Å²) in [5.74, 6) is 1.36. The first-order valence-corrected chi connectivity index (χ1v) is 9.93. The van der Waals surface area contributed by atoms with Crippen molar-refractivity contribution in [2.24, 2.45) is 0 Å². The van der Waals surface area contributed by atoms with Gasteiger partial charge in [0.05, 0.1) is 32.8 Å². The van der Waals surface area contributed by atoms with Gasteiger partial charge in [-0.2, -0.15) is 0 Å². The van der Waals surface area contributed by atoms with Crippen LogP contribution in [0.15, 0.2) is 40.8 Å². The minimum absolute atomic E-state index is 0.0184. The molecule has 1 fully saturated rings. The topological polar surface area (TPSA) is 66.2 Å². The van der Waals surface area contributed by atoms with Crippen molar-refractivity contribution in [1.82, 2.24) is 14.7 Å². The highest BCUT2D eigenvalue weighted by Gasteiger charge is 2.20. The lowest BCUT2D eigenvalue weighted by atomic mass is 10.2. The van der Waals surface area contributed by atoms with Crippen LogP contribution in [0.1, 0.15) is 5.76 Å². The van der Waals surface area contributed by atoms with Crippen molar-refractivity contribution in [2.75, 3.05) is 53.5 Å². The molecule has 0 atom stereocenters. The molecule has 0 saturated carbocycles. The third-order valence-electron chi connectivity index (χ3n) is 4.78. The highest BCUT2D eigenvalue weighted by atomic mass is 35.5. The van der Waals surface area contributed by atoms with Crippen LogP contribution >= 0.6 is 11.6 Å². The van der Waals surface area contributed by atoms with E-state index in [4.69, 9.17) is 20.8 Å². The lowest BCUT2D eigenvalue weighted by molar-refractivity contribution is -0.137. The third-order valence-corrected chi connectivity index (χ3v) is 5.04. The van der Waals surface area contributed by atoms with E-state index in [1.54, 1.807) is 28.8 Å². The second-order valence-corrected chi connectivity index (χ2v) is 7.62. The second-order valence-electron chi connectivity index (χ2n) is 7.19. The molecule has 8 heteroatoms. The summed E-state index contributed by atoms with van der Waals surface area (Å²) in [6, 6.07) is 11.1. The normalized spacial score (nSPS) is 14.3. The summed E-state index contributed by atoms with van der Waals surface area (Å²) in [4.78, 5) is 29.9. The Bertz CT molecular complexity index is 831. The molecule has 0 radical (unpaired) electrons. The first-order chi connectivity index (χ1) is 13.9. The lowest BCUT2D eigenvalue weighted by Gasteiger charge is -2.29. The molecule has 0 aliphatic carbocycles. The molecule has 1 saturated heterocycles. The highest BCUT2D eigenvalue weighted by Crippen LogP contribution is 2.24. The van der Waals surface area contributed by atoms with Crippen LogP contribution < -0.4 is 0 Å². The molecule has 2 aromatic rings. The lowest BCUT2D eigenvalue weighted by Crippen LogP contribution is -2.46. The van der Waals surface area contributed by atoms with Crippen LogP contribution in [0.5, 0.6) is 0 Å². The van der Waals surface area contributed by atoms with Crippen molar-refractivity contribution in [3.8, 4) is 11.3 Å². The van der Waals surface area contributed by atoms with Gasteiger partial charge in [-0.05, 0) is 43.4 Å². The Morgan fingerprint density at radius 2 is 1.72 bits per heavy atom. The molecule has 0 unspecified atom stereocenters. The number of hydrogen-bond acceptors (Lipinski definition) is 5. The first kappa shape index (κ1) is 21.4. The van der Waals surface area contributed by atoms with Crippen molar-refractivity contribution in [2.45, 2.75) is 6.54 Å². The number of furan rings is 1. The molecule has 2 heterocycles. The van der Waals surface area contributed by atoms with E-state index in [2.05, 4.69) is 0 Å². The van der Waals surface area contributed by atoms with E-state index >= 15 is 0 Å². The van der Waals surface area contributed by atoms with Crippen LogP contribution in [0.4, 0.5) is 0 Å². The van der Waals surface area contributed by atoms with Gasteiger partial charge >= 0.3 is 0 Å². The summed E-state index contributed by atoms with van der Waals surface area (Å²) < 4.78 is 11.1. The molecule has 0 spiro atoms. The number of carbonyl (C=O) groups excluding carboxylic acids is 2. The number of amides is 2. The average molecular weight is 420 g/mol. The van der Waals surface area contributed by atoms with Gasteiger partial charge in [0, 0.05) is 30.7 Å². The third kappa shape index (κ3) is 6.06. The number of benzene rings is 1. The maximum absolute atomic E-state index is 12.5. The Kier molecular flexibility index (Phi) is 7.30. The van der Waals surface area contributed by atoms with E-state index in [1.165, 1.54) is 0 Å². The fourth-order valence-corrected chi connectivity index (χ4v) is 3.23. The van der Waals surface area contributed by atoms with E-state index < -0.39 is 0 Å². The van der Waals surface area contributed by atoms with Crippen LogP contribution in [-0.4, -0.2) is 80.0 Å². The van der Waals surface area contributed by atoms with Gasteiger partial charge in [0.15, 0.2) is 0 Å². The van der Waals surface area contributed by atoms with E-state index in [-0.39, 0.29) is 24.9 Å². The van der Waals surface area contributed by atoms with Crippen molar-refractivity contribution in [1.29, 1.82) is 0 Å². The molecule has 0 N–H and O–H groups in total. The fraction of sp³-hybridized carbons (Fsp3) is 0.429. The Morgan fingerprint density at radius 3 is 2.41 bits per heavy atom. The number of morpholine rings is 1. The maximum atomic E-state index is 12.5. The zero-order valence-electron chi connectivity index (χ0n) is 16.8. The van der Waals surface area contributed by atoms with Crippen molar-refractivity contribution in [3.05, 3.63) is 47.2 Å². The predicted molar refractivity (Wildman–Crippen MR) is 111 cm³/mol. The van der Waals surface area contributed by atoms with Crippen molar-refractivity contribution >= 4 is 23.4 Å². The van der Waals surface area contributed by atoms with Crippen LogP contribution in [0, 0.1) is 0 Å². The van der Waals surface area contributed by atoms with E-state index in [9.17, 15) is 9.59 Å². The first-order valence-electron chi connectivity index (χ1n) is 9.55. The number of carbonyl (C=O) groups is 2. The summed E-state index contributed by atoms with van der Waals surface area (Å²) in [7, 11) is 3.50. The van der Waals surface area contributed by atoms with Gasteiger partial charge in [0.25, 0.3) is 0 Å². The molecule has 29 heavy (non-hydrogen) atoms. The van der Waals surface area contributed by atoms with Gasteiger partial charge in [-0.25, -0.2) is 0 Å². The Hall–Kier alpha value is -2.35. The standard InChI is InChI=1S/C21H26ClN3O4/c1-23(15-21(27)25-9-11-28-12-10-25)14-20(26)24(2)13-18-7-8-19(29-18)16-3-5-17(22)6-4-16/h3-8H,9-15H2,1-2H3. The van der Waals surface area contributed by atoms with Crippen molar-refractivity contribution < 1.29 is 18.7 Å². The monoisotopic (exact) mass is 419 g/mol. The number of hydrogen-bond donors (Lipinski definition) is 0. The van der Waals surface area contributed by atoms with Crippen LogP contribution in [0.2, 0.25) is 5.02 Å². The minimum Gasteiger partial charge on any atom is -0.459 e. The number of nitrogens with zero attached hydrogens (tertiary/aromatic N) is 3. The smallest absolute Gasteiger partial charge is 0.236 e. The minimum atomic E-state index is -0.0771. The summed E-state index contributed by atoms with van der Waals surface area (Å²) in [5.41, 5.74) is 0.927. The predicted octanol–water partition coefficient (Wildman–Crippen LogP) is 2.35. The maximum Gasteiger partial charge on any atom is 0.236 e. The van der Waals surface area contributed by atoms with Gasteiger partial charge < -0.3 is 19.0 Å². The Balaban J connectivity index is 1.48. The van der Waals surface area contributed by atoms with E-state index in [0.29, 0.717) is 43.6 Å². The van der Waals surface area contributed by atoms with Crippen LogP contribution in [0.3, 0.4) is 0 Å². The number of rotatable bonds is 7. The summed E-state index contributed by atoms with van der Waals surface area (Å²) in [6.45, 7) is 3.08. The quantitative estimate of drug-likeness (QED) is 0.689. The SMILES string of the molecule is CN(CC(=O)N(C)Cc1ccc(-c2ccc(Cl)cc2)o1)CC(=O)N1CCOCC1. The van der Waals surface area contributed by atoms with Gasteiger partial charge in [-0.15, -0.1) is 0 Å². The van der Waals surface area contributed by atoms with Gasteiger partial charge in [0.1, 0.15) is 11.5 Å². The molecule has 1 aliphatic rings.